The molecule has 2 heteroatoms. The third-order valence-electron chi connectivity index (χ3n) is 0.333. The summed E-state index contributed by atoms with van der Waals surface area (Å²) in [4.78, 5) is 0. The van der Waals surface area contributed by atoms with Crippen molar-refractivity contribution in [1.82, 2.24) is 0 Å². The first-order chi connectivity index (χ1) is 2.41. The molecular weight excluding hydrogens is 79.0 g/mol. The van der Waals surface area contributed by atoms with E-state index in [-0.39, 0.29) is 0 Å². The van der Waals surface area contributed by atoms with E-state index >= 15 is 0 Å². The standard InChI is InChI=1S/C2H5.CH3O.Al/c2*1-2;/h1H2,2H3;1H3;/q;-1;+2. The van der Waals surface area contributed by atoms with E-state index in [1.54, 1.807) is 7.11 Å². The van der Waals surface area contributed by atoms with Gasteiger partial charge in [0.25, 0.3) is 0 Å². The van der Waals surface area contributed by atoms with Crippen LogP contribution in [0.1, 0.15) is 6.92 Å². The quantitative estimate of drug-likeness (QED) is 0.450. The molecule has 0 amide bonds. The summed E-state index contributed by atoms with van der Waals surface area (Å²) in [5.74, 6) is 0. The van der Waals surface area contributed by atoms with E-state index in [0.717, 1.165) is 0 Å². The average molecular weight is 87.1 g/mol. The molecule has 0 aromatic carbocycles. The number of hydrogen-bond donors (Lipinski definition) is 0. The third-order valence-corrected chi connectivity index (χ3v) is 1.00. The van der Waals surface area contributed by atoms with Crippen LogP contribution < -0.4 is 0 Å². The molecule has 0 aromatic heterocycles. The van der Waals surface area contributed by atoms with Crippen LogP contribution in [0.25, 0.3) is 0 Å². The van der Waals surface area contributed by atoms with Crippen LogP contribution in [-0.2, 0) is 3.79 Å². The molecule has 0 aliphatic rings. The van der Waals surface area contributed by atoms with Crippen molar-refractivity contribution in [2.45, 2.75) is 12.2 Å². The molecule has 0 unspecified atom stereocenters. The van der Waals surface area contributed by atoms with Gasteiger partial charge >= 0.3 is 38.7 Å². The van der Waals surface area contributed by atoms with E-state index in [0.29, 0.717) is 15.6 Å². The van der Waals surface area contributed by atoms with Crippen molar-refractivity contribution in [3.8, 4) is 0 Å². The molecule has 0 saturated heterocycles. The van der Waals surface area contributed by atoms with Crippen molar-refractivity contribution in [1.29, 1.82) is 0 Å². The van der Waals surface area contributed by atoms with Gasteiger partial charge in [0.15, 0.2) is 0 Å². The Kier molecular flexibility index (Phi) is 4.93. The second kappa shape index (κ2) is 4.49. The van der Waals surface area contributed by atoms with Gasteiger partial charge < -0.3 is 0 Å². The van der Waals surface area contributed by atoms with Crippen LogP contribution in [0.3, 0.4) is 0 Å². The fourth-order valence-electron chi connectivity index (χ4n) is 0.167. The molecular formula is C3H8AlO+. The number of hydrogen-bond acceptors (Lipinski definition) is 1. The molecule has 0 aromatic rings. The van der Waals surface area contributed by atoms with Crippen LogP contribution in [-0.4, -0.2) is 22.7 Å². The molecule has 0 bridgehead atoms. The Bertz CT molecular complexity index is 14.4. The van der Waals surface area contributed by atoms with Gasteiger partial charge in [-0.15, -0.1) is 0 Å². The molecule has 0 aliphatic heterocycles. The van der Waals surface area contributed by atoms with Gasteiger partial charge in [-0.2, -0.15) is 0 Å². The summed E-state index contributed by atoms with van der Waals surface area (Å²) in [6, 6.07) is 0. The number of rotatable bonds is 2. The van der Waals surface area contributed by atoms with Gasteiger partial charge in [0.2, 0.25) is 0 Å². The summed E-state index contributed by atoms with van der Waals surface area (Å²) in [5, 5.41) is 1.20. The summed E-state index contributed by atoms with van der Waals surface area (Å²) in [6.45, 7) is 2.12. The van der Waals surface area contributed by atoms with E-state index in [2.05, 4.69) is 6.92 Å². The van der Waals surface area contributed by atoms with Crippen LogP contribution in [0.2, 0.25) is 5.28 Å². The third kappa shape index (κ3) is 4.49. The van der Waals surface area contributed by atoms with Crippen molar-refractivity contribution in [3.05, 3.63) is 0 Å². The van der Waals surface area contributed by atoms with Crippen LogP contribution in [0, 0.1) is 0 Å². The minimum atomic E-state index is 0.315. The van der Waals surface area contributed by atoms with Gasteiger partial charge in [-0.1, -0.05) is 0 Å². The second-order valence-electron chi connectivity index (χ2n) is 0.811. The molecule has 1 nitrogen and oxygen atoms in total. The van der Waals surface area contributed by atoms with Gasteiger partial charge in [-0.05, 0) is 0 Å². The Morgan fingerprint density at radius 2 is 2.40 bits per heavy atom. The van der Waals surface area contributed by atoms with Gasteiger partial charge in [0, 0.05) is 0 Å². The predicted octanol–water partition coefficient (Wildman–Crippen LogP) is 0.690. The van der Waals surface area contributed by atoms with E-state index in [9.17, 15) is 0 Å². The molecule has 0 aliphatic carbocycles. The summed E-state index contributed by atoms with van der Waals surface area (Å²) in [6.07, 6.45) is 0. The Morgan fingerprint density at radius 3 is 2.40 bits per heavy atom. The van der Waals surface area contributed by atoms with Gasteiger partial charge in [-0.25, -0.2) is 0 Å². The normalized spacial score (nSPS) is 6.80. The maximum atomic E-state index is 4.77. The molecule has 0 atom stereocenters. The fourth-order valence-corrected chi connectivity index (χ4v) is 0.500. The molecule has 0 spiro atoms. The van der Waals surface area contributed by atoms with E-state index in [4.69, 9.17) is 3.79 Å². The zero-order valence-corrected chi connectivity index (χ0v) is 4.85. The van der Waals surface area contributed by atoms with E-state index in [1.165, 1.54) is 5.28 Å². The van der Waals surface area contributed by atoms with Crippen molar-refractivity contribution < 1.29 is 3.79 Å². The zero-order valence-electron chi connectivity index (χ0n) is 3.69. The topological polar surface area (TPSA) is 9.23 Å². The monoisotopic (exact) mass is 87.0 g/mol. The predicted molar refractivity (Wildman–Crippen MR) is 23.2 cm³/mol. The molecule has 0 N–H and O–H groups in total. The van der Waals surface area contributed by atoms with Crippen LogP contribution in [0.15, 0.2) is 0 Å². The Morgan fingerprint density at radius 1 is 1.80 bits per heavy atom. The Hall–Kier alpha value is 0.492. The Balaban J connectivity index is 2.19. The van der Waals surface area contributed by atoms with E-state index in [1.807, 2.05) is 0 Å². The van der Waals surface area contributed by atoms with Crippen LogP contribution in [0.5, 0.6) is 0 Å². The molecule has 0 heterocycles. The molecule has 5 heavy (non-hydrogen) atoms. The van der Waals surface area contributed by atoms with Crippen LogP contribution in [0.4, 0.5) is 0 Å². The van der Waals surface area contributed by atoms with Gasteiger partial charge in [0.05, 0.1) is 0 Å². The van der Waals surface area contributed by atoms with Crippen molar-refractivity contribution >= 4 is 15.6 Å². The molecule has 0 rings (SSSR count). The molecule has 0 radical (unpaired) electrons. The zero-order chi connectivity index (χ0) is 4.12. The second-order valence-corrected chi connectivity index (χ2v) is 2.43. The van der Waals surface area contributed by atoms with E-state index < -0.39 is 0 Å². The fraction of sp³-hybridized carbons (Fsp3) is 1.00. The summed E-state index contributed by atoms with van der Waals surface area (Å²) in [5.41, 5.74) is 0. The van der Waals surface area contributed by atoms with Crippen molar-refractivity contribution in [2.75, 3.05) is 7.11 Å². The van der Waals surface area contributed by atoms with Gasteiger partial charge in [-0.3, -0.25) is 0 Å². The summed E-state index contributed by atoms with van der Waals surface area (Å²) >= 11 is 0.315. The van der Waals surface area contributed by atoms with Crippen LogP contribution >= 0.6 is 0 Å². The maximum absolute atomic E-state index is 4.77. The minimum absolute atomic E-state index is 0.315. The first-order valence-corrected chi connectivity index (χ1v) is 3.05. The first-order valence-electron chi connectivity index (χ1n) is 1.76. The summed E-state index contributed by atoms with van der Waals surface area (Å²) in [7, 11) is 1.75. The van der Waals surface area contributed by atoms with Gasteiger partial charge in [0.1, 0.15) is 0 Å². The molecule has 0 fully saturated rings. The van der Waals surface area contributed by atoms with Crippen molar-refractivity contribution in [3.63, 3.8) is 0 Å². The Labute approximate surface area is 39.4 Å². The SMILES string of the molecule is C[CH2][Al+][O]C. The average Bonchev–Trinajstić information content (AvgIpc) is 1.41. The summed E-state index contributed by atoms with van der Waals surface area (Å²) < 4.78 is 4.77. The first kappa shape index (κ1) is 5.49. The molecule has 28 valence electrons. The van der Waals surface area contributed by atoms with Crippen molar-refractivity contribution in [2.24, 2.45) is 0 Å². The molecule has 0 saturated carbocycles.